The van der Waals surface area contributed by atoms with Crippen LogP contribution in [0, 0.1) is 5.82 Å². The third kappa shape index (κ3) is 5.35. The molecular weight excluding hydrogens is 477 g/mol. The molecule has 0 saturated heterocycles. The highest BCUT2D eigenvalue weighted by Crippen LogP contribution is 2.37. The molecule has 34 heavy (non-hydrogen) atoms. The van der Waals surface area contributed by atoms with Crippen molar-refractivity contribution in [3.63, 3.8) is 0 Å². The highest BCUT2D eigenvalue weighted by molar-refractivity contribution is 7.12. The van der Waals surface area contributed by atoms with Gasteiger partial charge in [0.1, 0.15) is 12.4 Å². The molecule has 0 radical (unpaired) electrons. The molecule has 0 unspecified atom stereocenters. The van der Waals surface area contributed by atoms with E-state index in [1.54, 1.807) is 17.4 Å². The number of nitrogens with zero attached hydrogens (tertiary/aromatic N) is 3. The van der Waals surface area contributed by atoms with Gasteiger partial charge in [0.15, 0.2) is 0 Å². The smallest absolute Gasteiger partial charge is 0.262 e. The maximum Gasteiger partial charge on any atom is 0.262 e. The van der Waals surface area contributed by atoms with Crippen molar-refractivity contribution in [3.05, 3.63) is 92.9 Å². The molecule has 2 aromatic carbocycles. The monoisotopic (exact) mass is 499 g/mol. The standard InChI is InChI=1S/C25H23ClFN3O3S/c1-33-12-11-29(25(32)17-6-4-7-18(27)14-17)16-24(31)30-22(19-8-2-3-9-20(19)26)15-21(28-30)23-10-5-13-34-23/h2-10,13-14,22H,11-12,15-16H2,1H3/t22-/m1/s1. The van der Waals surface area contributed by atoms with Crippen molar-refractivity contribution >= 4 is 40.5 Å². The van der Waals surface area contributed by atoms with E-state index in [1.165, 1.54) is 35.2 Å². The quantitative estimate of drug-likeness (QED) is 0.438. The van der Waals surface area contributed by atoms with Gasteiger partial charge in [0.25, 0.3) is 11.8 Å². The van der Waals surface area contributed by atoms with Crippen LogP contribution in [-0.2, 0) is 9.53 Å². The molecule has 2 amide bonds. The van der Waals surface area contributed by atoms with Crippen LogP contribution in [0.25, 0.3) is 0 Å². The maximum atomic E-state index is 13.7. The molecule has 176 valence electrons. The van der Waals surface area contributed by atoms with Crippen molar-refractivity contribution < 1.29 is 18.7 Å². The average Bonchev–Trinajstić information content (AvgIpc) is 3.52. The Morgan fingerprint density at radius 3 is 2.74 bits per heavy atom. The van der Waals surface area contributed by atoms with Gasteiger partial charge < -0.3 is 9.64 Å². The molecule has 1 aromatic heterocycles. The molecule has 4 rings (SSSR count). The first-order valence-corrected chi connectivity index (χ1v) is 12.0. The number of rotatable bonds is 8. The largest absolute Gasteiger partial charge is 0.383 e. The fourth-order valence-electron chi connectivity index (χ4n) is 3.81. The van der Waals surface area contributed by atoms with E-state index in [4.69, 9.17) is 16.3 Å². The van der Waals surface area contributed by atoms with E-state index in [2.05, 4.69) is 5.10 Å². The van der Waals surface area contributed by atoms with Crippen LogP contribution in [-0.4, -0.2) is 54.2 Å². The number of amides is 2. The summed E-state index contributed by atoms with van der Waals surface area (Å²) in [5, 5.41) is 8.54. The summed E-state index contributed by atoms with van der Waals surface area (Å²) in [6, 6.07) is 16.2. The molecule has 6 nitrogen and oxygen atoms in total. The molecule has 9 heteroatoms. The lowest BCUT2D eigenvalue weighted by atomic mass is 10.0. The molecule has 3 aromatic rings. The number of ether oxygens (including phenoxy) is 1. The SMILES string of the molecule is COCCN(CC(=O)N1N=C(c2cccs2)C[C@@H]1c1ccccc1Cl)C(=O)c1cccc(F)c1. The molecule has 1 aliphatic heterocycles. The van der Waals surface area contributed by atoms with Gasteiger partial charge in [-0.2, -0.15) is 5.10 Å². The van der Waals surface area contributed by atoms with E-state index in [0.29, 0.717) is 11.4 Å². The number of carbonyl (C=O) groups is 2. The summed E-state index contributed by atoms with van der Waals surface area (Å²) in [5.74, 6) is -1.34. The topological polar surface area (TPSA) is 62.2 Å². The third-order valence-electron chi connectivity index (χ3n) is 5.49. The third-order valence-corrected chi connectivity index (χ3v) is 6.75. The second-order valence-electron chi connectivity index (χ2n) is 7.73. The highest BCUT2D eigenvalue weighted by atomic mass is 35.5. The zero-order valence-corrected chi connectivity index (χ0v) is 20.1. The predicted molar refractivity (Wildman–Crippen MR) is 131 cm³/mol. The van der Waals surface area contributed by atoms with Crippen LogP contribution in [0.15, 0.2) is 71.1 Å². The second-order valence-corrected chi connectivity index (χ2v) is 9.09. The van der Waals surface area contributed by atoms with Gasteiger partial charge in [-0.1, -0.05) is 41.9 Å². The average molecular weight is 500 g/mol. The number of benzene rings is 2. The number of thiophene rings is 1. The van der Waals surface area contributed by atoms with E-state index < -0.39 is 17.8 Å². The number of carbonyl (C=O) groups excluding carboxylic acids is 2. The minimum atomic E-state index is -0.521. The van der Waals surface area contributed by atoms with Gasteiger partial charge in [0.05, 0.1) is 23.2 Å². The Hall–Kier alpha value is -3.07. The van der Waals surface area contributed by atoms with Gasteiger partial charge in [0, 0.05) is 30.7 Å². The normalized spacial score (nSPS) is 15.3. The summed E-state index contributed by atoms with van der Waals surface area (Å²) in [6.45, 7) is 0.163. The van der Waals surface area contributed by atoms with Crippen LogP contribution in [0.3, 0.4) is 0 Å². The molecule has 0 bridgehead atoms. The Morgan fingerprint density at radius 1 is 1.21 bits per heavy atom. The summed E-state index contributed by atoms with van der Waals surface area (Å²) < 4.78 is 18.8. The summed E-state index contributed by atoms with van der Waals surface area (Å²) >= 11 is 8.01. The molecular formula is C25H23ClFN3O3S. The first-order chi connectivity index (χ1) is 16.5. The Labute approximate surface area is 206 Å². The lowest BCUT2D eigenvalue weighted by molar-refractivity contribution is -0.133. The second kappa shape index (κ2) is 10.9. The number of methoxy groups -OCH3 is 1. The molecule has 0 spiro atoms. The summed E-state index contributed by atoms with van der Waals surface area (Å²) in [5.41, 5.74) is 1.73. The molecule has 2 heterocycles. The van der Waals surface area contributed by atoms with E-state index in [-0.39, 0.29) is 31.2 Å². The fourth-order valence-corrected chi connectivity index (χ4v) is 4.80. The Morgan fingerprint density at radius 2 is 2.03 bits per heavy atom. The van der Waals surface area contributed by atoms with Crippen molar-refractivity contribution in [2.24, 2.45) is 5.10 Å². The maximum absolute atomic E-state index is 13.7. The van der Waals surface area contributed by atoms with E-state index in [1.807, 2.05) is 35.7 Å². The molecule has 0 saturated carbocycles. The van der Waals surface area contributed by atoms with Crippen molar-refractivity contribution in [2.45, 2.75) is 12.5 Å². The first-order valence-electron chi connectivity index (χ1n) is 10.7. The Bertz CT molecular complexity index is 1200. The molecule has 1 atom stereocenters. The Balaban J connectivity index is 1.62. The minimum absolute atomic E-state index is 0.163. The molecule has 0 fully saturated rings. The summed E-state index contributed by atoms with van der Waals surface area (Å²) in [6.07, 6.45) is 0.506. The first kappa shape index (κ1) is 24.1. The van der Waals surface area contributed by atoms with Crippen molar-refractivity contribution in [3.8, 4) is 0 Å². The van der Waals surface area contributed by atoms with E-state index in [0.717, 1.165) is 22.2 Å². The van der Waals surface area contributed by atoms with Gasteiger partial charge in [-0.25, -0.2) is 9.40 Å². The van der Waals surface area contributed by atoms with Gasteiger partial charge in [-0.3, -0.25) is 9.59 Å². The lowest BCUT2D eigenvalue weighted by Crippen LogP contribution is -2.42. The number of hydrazone groups is 1. The van der Waals surface area contributed by atoms with Crippen molar-refractivity contribution in [1.82, 2.24) is 9.91 Å². The zero-order valence-electron chi connectivity index (χ0n) is 18.5. The van der Waals surface area contributed by atoms with Crippen LogP contribution >= 0.6 is 22.9 Å². The lowest BCUT2D eigenvalue weighted by Gasteiger charge is -2.27. The molecule has 0 N–H and O–H groups in total. The van der Waals surface area contributed by atoms with Crippen LogP contribution in [0.5, 0.6) is 0 Å². The van der Waals surface area contributed by atoms with Crippen molar-refractivity contribution in [2.75, 3.05) is 26.8 Å². The van der Waals surface area contributed by atoms with Crippen LogP contribution in [0.4, 0.5) is 4.39 Å². The predicted octanol–water partition coefficient (Wildman–Crippen LogP) is 5.01. The van der Waals surface area contributed by atoms with Gasteiger partial charge in [-0.15, -0.1) is 11.3 Å². The van der Waals surface area contributed by atoms with Gasteiger partial charge in [0.2, 0.25) is 0 Å². The van der Waals surface area contributed by atoms with E-state index in [9.17, 15) is 14.0 Å². The summed E-state index contributed by atoms with van der Waals surface area (Å²) in [4.78, 5) is 28.9. The number of hydrogen-bond donors (Lipinski definition) is 0. The van der Waals surface area contributed by atoms with Crippen LogP contribution in [0.1, 0.15) is 33.3 Å². The zero-order chi connectivity index (χ0) is 24.1. The van der Waals surface area contributed by atoms with E-state index >= 15 is 0 Å². The number of halogens is 2. The minimum Gasteiger partial charge on any atom is -0.383 e. The Kier molecular flexibility index (Phi) is 7.72. The highest BCUT2D eigenvalue weighted by Gasteiger charge is 2.35. The molecule has 1 aliphatic rings. The van der Waals surface area contributed by atoms with Crippen LogP contribution in [0.2, 0.25) is 5.02 Å². The van der Waals surface area contributed by atoms with Crippen molar-refractivity contribution in [1.29, 1.82) is 0 Å². The number of hydrogen-bond acceptors (Lipinski definition) is 5. The van der Waals surface area contributed by atoms with Gasteiger partial charge in [-0.05, 0) is 41.3 Å². The fraction of sp³-hybridized carbons (Fsp3) is 0.240. The van der Waals surface area contributed by atoms with Crippen LogP contribution < -0.4 is 0 Å². The van der Waals surface area contributed by atoms with Gasteiger partial charge >= 0.3 is 0 Å². The molecule has 0 aliphatic carbocycles. The summed E-state index contributed by atoms with van der Waals surface area (Å²) in [7, 11) is 1.51.